The molecule has 1 aromatic rings. The number of ether oxygens (including phenoxy) is 1. The van der Waals surface area contributed by atoms with Crippen molar-refractivity contribution in [1.82, 2.24) is 5.43 Å². The van der Waals surface area contributed by atoms with Crippen LogP contribution in [0.15, 0.2) is 17.2 Å². The number of nitrogens with zero attached hydrogens (tertiary/aromatic N) is 1. The lowest BCUT2D eigenvalue weighted by molar-refractivity contribution is -0.123. The SMILES string of the molecule is Cc1cc(OCC(=O)NN=CC(C)C)c(C(C)C)cc1Cl. The number of nitrogens with one attached hydrogen (secondary N) is 1. The molecule has 1 N–H and O–H groups in total. The van der Waals surface area contributed by atoms with Crippen molar-refractivity contribution in [3.8, 4) is 5.75 Å². The van der Waals surface area contributed by atoms with Gasteiger partial charge in [0.2, 0.25) is 0 Å². The Labute approximate surface area is 131 Å². The number of halogens is 1. The minimum atomic E-state index is -0.283. The summed E-state index contributed by atoms with van der Waals surface area (Å²) in [5.41, 5.74) is 4.35. The fourth-order valence-corrected chi connectivity index (χ4v) is 1.85. The maximum absolute atomic E-state index is 11.7. The summed E-state index contributed by atoms with van der Waals surface area (Å²) >= 11 is 6.14. The molecule has 0 aliphatic rings. The maximum atomic E-state index is 11.7. The second kappa shape index (κ2) is 8.03. The molecule has 4 nitrogen and oxygen atoms in total. The lowest BCUT2D eigenvalue weighted by Crippen LogP contribution is -2.25. The largest absolute Gasteiger partial charge is 0.483 e. The van der Waals surface area contributed by atoms with Crippen LogP contribution in [0.25, 0.3) is 0 Å². The van der Waals surface area contributed by atoms with Crippen LogP contribution in [0.4, 0.5) is 0 Å². The monoisotopic (exact) mass is 310 g/mol. The van der Waals surface area contributed by atoms with Crippen molar-refractivity contribution in [2.45, 2.75) is 40.5 Å². The fourth-order valence-electron chi connectivity index (χ4n) is 1.68. The standard InChI is InChI=1S/C16H23ClN2O2/c1-10(2)8-18-19-16(20)9-21-15-6-12(5)14(17)7-13(15)11(3)4/h6-8,10-11H,9H2,1-5H3,(H,19,20). The molecular formula is C16H23ClN2O2. The third kappa shape index (κ3) is 5.76. The highest BCUT2D eigenvalue weighted by Gasteiger charge is 2.12. The summed E-state index contributed by atoms with van der Waals surface area (Å²) in [4.78, 5) is 11.7. The number of rotatable bonds is 6. The van der Waals surface area contributed by atoms with E-state index in [4.69, 9.17) is 16.3 Å². The Morgan fingerprint density at radius 3 is 2.62 bits per heavy atom. The van der Waals surface area contributed by atoms with Crippen LogP contribution in [-0.2, 0) is 4.79 Å². The lowest BCUT2D eigenvalue weighted by Gasteiger charge is -2.15. The van der Waals surface area contributed by atoms with Crippen LogP contribution in [0.1, 0.15) is 44.7 Å². The van der Waals surface area contributed by atoms with Crippen LogP contribution < -0.4 is 10.2 Å². The summed E-state index contributed by atoms with van der Waals surface area (Å²) in [6.07, 6.45) is 1.67. The Morgan fingerprint density at radius 1 is 1.38 bits per heavy atom. The van der Waals surface area contributed by atoms with Gasteiger partial charge in [-0.05, 0) is 42.0 Å². The molecule has 0 saturated heterocycles. The average Bonchev–Trinajstić information content (AvgIpc) is 2.39. The van der Waals surface area contributed by atoms with Crippen LogP contribution in [0.5, 0.6) is 5.75 Å². The zero-order valence-corrected chi connectivity index (χ0v) is 14.0. The minimum absolute atomic E-state index is 0.0732. The van der Waals surface area contributed by atoms with E-state index in [9.17, 15) is 4.79 Å². The van der Waals surface area contributed by atoms with E-state index in [-0.39, 0.29) is 24.3 Å². The molecular weight excluding hydrogens is 288 g/mol. The van der Waals surface area contributed by atoms with Crippen molar-refractivity contribution in [1.29, 1.82) is 0 Å². The molecule has 0 aliphatic carbocycles. The Bertz CT molecular complexity index is 525. The zero-order valence-electron chi connectivity index (χ0n) is 13.2. The molecule has 0 saturated carbocycles. The van der Waals surface area contributed by atoms with Crippen LogP contribution in [0.3, 0.4) is 0 Å². The first-order chi connectivity index (χ1) is 9.81. The summed E-state index contributed by atoms with van der Waals surface area (Å²) in [5.74, 6) is 0.960. The summed E-state index contributed by atoms with van der Waals surface area (Å²) in [5, 5.41) is 4.55. The first-order valence-electron chi connectivity index (χ1n) is 7.06. The van der Waals surface area contributed by atoms with Gasteiger partial charge in [-0.25, -0.2) is 5.43 Å². The number of aryl methyl sites for hydroxylation is 1. The highest BCUT2D eigenvalue weighted by Crippen LogP contribution is 2.31. The van der Waals surface area contributed by atoms with Gasteiger partial charge < -0.3 is 4.74 Å². The molecule has 0 radical (unpaired) electrons. The molecule has 0 bridgehead atoms. The first kappa shape index (κ1) is 17.5. The number of carbonyl (C=O) groups is 1. The Morgan fingerprint density at radius 2 is 2.05 bits per heavy atom. The normalized spacial score (nSPS) is 11.4. The second-order valence-electron chi connectivity index (χ2n) is 5.64. The number of carbonyl (C=O) groups excluding carboxylic acids is 1. The highest BCUT2D eigenvalue weighted by atomic mass is 35.5. The molecule has 0 aliphatic heterocycles. The van der Waals surface area contributed by atoms with E-state index in [1.807, 2.05) is 32.9 Å². The van der Waals surface area contributed by atoms with Crippen LogP contribution in [0, 0.1) is 12.8 Å². The summed E-state index contributed by atoms with van der Waals surface area (Å²) in [6, 6.07) is 3.76. The van der Waals surface area contributed by atoms with Gasteiger partial charge in [0.25, 0.3) is 5.91 Å². The first-order valence-corrected chi connectivity index (χ1v) is 7.44. The molecule has 116 valence electrons. The van der Waals surface area contributed by atoms with Gasteiger partial charge in [-0.3, -0.25) is 4.79 Å². The predicted molar refractivity (Wildman–Crippen MR) is 87.2 cm³/mol. The fraction of sp³-hybridized carbons (Fsp3) is 0.500. The van der Waals surface area contributed by atoms with Crippen molar-refractivity contribution in [2.75, 3.05) is 6.61 Å². The smallest absolute Gasteiger partial charge is 0.277 e. The summed E-state index contributed by atoms with van der Waals surface area (Å²) in [6.45, 7) is 9.92. The lowest BCUT2D eigenvalue weighted by atomic mass is 10.0. The zero-order chi connectivity index (χ0) is 16.0. The minimum Gasteiger partial charge on any atom is -0.483 e. The average molecular weight is 311 g/mol. The van der Waals surface area contributed by atoms with Crippen molar-refractivity contribution in [3.63, 3.8) is 0 Å². The summed E-state index contributed by atoms with van der Waals surface area (Å²) < 4.78 is 5.61. The second-order valence-corrected chi connectivity index (χ2v) is 6.05. The van der Waals surface area contributed by atoms with Gasteiger partial charge in [-0.2, -0.15) is 5.10 Å². The van der Waals surface area contributed by atoms with Gasteiger partial charge in [-0.1, -0.05) is 39.3 Å². The van der Waals surface area contributed by atoms with Gasteiger partial charge in [0, 0.05) is 11.2 Å². The third-order valence-electron chi connectivity index (χ3n) is 2.83. The van der Waals surface area contributed by atoms with Gasteiger partial charge in [-0.15, -0.1) is 0 Å². The maximum Gasteiger partial charge on any atom is 0.277 e. The van der Waals surface area contributed by atoms with Gasteiger partial charge in [0.05, 0.1) is 0 Å². The Balaban J connectivity index is 2.70. The van der Waals surface area contributed by atoms with Gasteiger partial charge >= 0.3 is 0 Å². The topological polar surface area (TPSA) is 50.7 Å². The van der Waals surface area contributed by atoms with E-state index in [1.54, 1.807) is 6.21 Å². The molecule has 0 heterocycles. The highest BCUT2D eigenvalue weighted by molar-refractivity contribution is 6.31. The van der Waals surface area contributed by atoms with Crippen LogP contribution in [-0.4, -0.2) is 18.7 Å². The molecule has 1 aromatic carbocycles. The molecule has 0 spiro atoms. The summed E-state index contributed by atoms with van der Waals surface area (Å²) in [7, 11) is 0. The van der Waals surface area contributed by atoms with Crippen LogP contribution in [0.2, 0.25) is 5.02 Å². The number of benzene rings is 1. The van der Waals surface area contributed by atoms with E-state index >= 15 is 0 Å². The van der Waals surface area contributed by atoms with Crippen molar-refractivity contribution in [2.24, 2.45) is 11.0 Å². The molecule has 0 atom stereocenters. The number of hydrazone groups is 1. The molecule has 1 rings (SSSR count). The third-order valence-corrected chi connectivity index (χ3v) is 3.24. The van der Waals surface area contributed by atoms with E-state index in [1.165, 1.54) is 0 Å². The molecule has 1 amide bonds. The number of hydrogen-bond donors (Lipinski definition) is 1. The number of hydrogen-bond acceptors (Lipinski definition) is 3. The molecule has 5 heteroatoms. The molecule has 21 heavy (non-hydrogen) atoms. The van der Waals surface area contributed by atoms with Crippen LogP contribution >= 0.6 is 11.6 Å². The molecule has 0 aromatic heterocycles. The van der Waals surface area contributed by atoms with E-state index in [0.29, 0.717) is 10.8 Å². The quantitative estimate of drug-likeness (QED) is 0.640. The predicted octanol–water partition coefficient (Wildman–Crippen LogP) is 3.91. The molecule has 0 fully saturated rings. The van der Waals surface area contributed by atoms with E-state index < -0.39 is 0 Å². The Hall–Kier alpha value is -1.55. The van der Waals surface area contributed by atoms with Crippen molar-refractivity contribution in [3.05, 3.63) is 28.3 Å². The molecule has 0 unspecified atom stereocenters. The number of amides is 1. The van der Waals surface area contributed by atoms with Gasteiger partial charge in [0.15, 0.2) is 6.61 Å². The van der Waals surface area contributed by atoms with Gasteiger partial charge in [0.1, 0.15) is 5.75 Å². The van der Waals surface area contributed by atoms with E-state index in [0.717, 1.165) is 11.1 Å². The van der Waals surface area contributed by atoms with Crippen molar-refractivity contribution < 1.29 is 9.53 Å². The van der Waals surface area contributed by atoms with Crippen molar-refractivity contribution >= 4 is 23.7 Å². The van der Waals surface area contributed by atoms with E-state index in [2.05, 4.69) is 24.4 Å². The Kier molecular flexibility index (Phi) is 6.69.